The highest BCUT2D eigenvalue weighted by Crippen LogP contribution is 2.25. The second-order valence-electron chi connectivity index (χ2n) is 3.97. The maximum absolute atomic E-state index is 9.50. The summed E-state index contributed by atoms with van der Waals surface area (Å²) in [6, 6.07) is 9.84. The molecule has 0 aliphatic heterocycles. The molecule has 17 heavy (non-hydrogen) atoms. The lowest BCUT2D eigenvalue weighted by Gasteiger charge is -2.06. The molecule has 1 heterocycles. The van der Waals surface area contributed by atoms with E-state index < -0.39 is 6.10 Å². The van der Waals surface area contributed by atoms with Gasteiger partial charge in [-0.1, -0.05) is 17.3 Å². The lowest BCUT2D eigenvalue weighted by Crippen LogP contribution is -1.90. The summed E-state index contributed by atoms with van der Waals surface area (Å²) in [6.07, 6.45) is -0.428. The second-order valence-corrected chi connectivity index (χ2v) is 5.02. The van der Waals surface area contributed by atoms with Gasteiger partial charge in [0.1, 0.15) is 5.76 Å². The predicted molar refractivity (Wildman–Crippen MR) is 67.9 cm³/mol. The second kappa shape index (κ2) is 5.38. The molecule has 1 aromatic carbocycles. The summed E-state index contributed by atoms with van der Waals surface area (Å²) >= 11 is 1.67. The molecule has 2 rings (SSSR count). The molecule has 1 unspecified atom stereocenters. The first kappa shape index (κ1) is 12.2. The van der Waals surface area contributed by atoms with Crippen molar-refractivity contribution in [1.82, 2.24) is 5.16 Å². The van der Waals surface area contributed by atoms with Crippen molar-refractivity contribution >= 4 is 11.8 Å². The third-order valence-corrected chi connectivity index (χ3v) is 3.41. The molecular weight excluding hydrogens is 234 g/mol. The Balaban J connectivity index is 2.01. The fourth-order valence-corrected chi connectivity index (χ4v) is 2.34. The molecule has 0 spiro atoms. The van der Waals surface area contributed by atoms with Crippen LogP contribution < -0.4 is 0 Å². The van der Waals surface area contributed by atoms with Gasteiger partial charge in [0.05, 0.1) is 17.6 Å². The Hall–Kier alpha value is -1.26. The number of aryl methyl sites for hydroxylation is 1. The van der Waals surface area contributed by atoms with E-state index in [2.05, 4.69) is 5.16 Å². The minimum Gasteiger partial charge on any atom is -0.389 e. The van der Waals surface area contributed by atoms with E-state index in [4.69, 9.17) is 4.52 Å². The zero-order chi connectivity index (χ0) is 12.3. The number of aliphatic hydroxyl groups excluding tert-OH is 1. The van der Waals surface area contributed by atoms with Crippen molar-refractivity contribution in [2.24, 2.45) is 0 Å². The zero-order valence-electron chi connectivity index (χ0n) is 9.88. The van der Waals surface area contributed by atoms with Gasteiger partial charge in [-0.15, -0.1) is 11.8 Å². The average molecular weight is 249 g/mol. The van der Waals surface area contributed by atoms with E-state index in [1.807, 2.05) is 37.3 Å². The molecule has 4 heteroatoms. The summed E-state index contributed by atoms with van der Waals surface area (Å²) in [4.78, 5) is 1.12. The number of aromatic nitrogens is 1. The van der Waals surface area contributed by atoms with Gasteiger partial charge in [0.2, 0.25) is 0 Å². The fourth-order valence-electron chi connectivity index (χ4n) is 1.50. The number of hydrogen-bond donors (Lipinski definition) is 1. The van der Waals surface area contributed by atoms with Crippen molar-refractivity contribution in [2.75, 3.05) is 0 Å². The molecule has 3 nitrogen and oxygen atoms in total. The first-order valence-electron chi connectivity index (χ1n) is 5.48. The van der Waals surface area contributed by atoms with Crippen molar-refractivity contribution in [3.8, 4) is 0 Å². The van der Waals surface area contributed by atoms with Crippen molar-refractivity contribution in [3.05, 3.63) is 47.3 Å². The molecule has 0 radical (unpaired) electrons. The van der Waals surface area contributed by atoms with Crippen molar-refractivity contribution in [3.63, 3.8) is 0 Å². The summed E-state index contributed by atoms with van der Waals surface area (Å²) in [5.41, 5.74) is 1.84. The maximum atomic E-state index is 9.50. The van der Waals surface area contributed by atoms with E-state index in [1.165, 1.54) is 0 Å². The molecule has 1 atom stereocenters. The van der Waals surface area contributed by atoms with Crippen LogP contribution in [0.15, 0.2) is 39.8 Å². The average Bonchev–Trinajstić information content (AvgIpc) is 2.73. The Labute approximate surface area is 105 Å². The largest absolute Gasteiger partial charge is 0.389 e. The van der Waals surface area contributed by atoms with Crippen molar-refractivity contribution in [2.45, 2.75) is 30.6 Å². The van der Waals surface area contributed by atoms with Gasteiger partial charge in [-0.2, -0.15) is 0 Å². The lowest BCUT2D eigenvalue weighted by atomic mass is 10.1. The van der Waals surface area contributed by atoms with Crippen LogP contribution in [0.5, 0.6) is 0 Å². The van der Waals surface area contributed by atoms with E-state index in [0.717, 1.165) is 27.7 Å². The monoisotopic (exact) mass is 249 g/mol. The van der Waals surface area contributed by atoms with Crippen LogP contribution in [0.2, 0.25) is 0 Å². The molecular formula is C13H15NO2S. The number of rotatable bonds is 4. The van der Waals surface area contributed by atoms with Crippen LogP contribution in [0.1, 0.15) is 30.0 Å². The Kier molecular flexibility index (Phi) is 3.86. The number of nitrogens with zero attached hydrogens (tertiary/aromatic N) is 1. The van der Waals surface area contributed by atoms with Gasteiger partial charge < -0.3 is 9.63 Å². The van der Waals surface area contributed by atoms with Gasteiger partial charge in [0.15, 0.2) is 0 Å². The summed E-state index contributed by atoms with van der Waals surface area (Å²) in [5, 5.41) is 13.3. The van der Waals surface area contributed by atoms with Crippen LogP contribution in [-0.4, -0.2) is 10.3 Å². The molecule has 1 aromatic heterocycles. The van der Waals surface area contributed by atoms with E-state index in [-0.39, 0.29) is 0 Å². The fraction of sp³-hybridized carbons (Fsp3) is 0.308. The van der Waals surface area contributed by atoms with Crippen LogP contribution in [0.3, 0.4) is 0 Å². The SMILES string of the molecule is Cc1cc(CSc2cccc(C(C)O)c2)on1. The van der Waals surface area contributed by atoms with Gasteiger partial charge in [-0.05, 0) is 31.5 Å². The van der Waals surface area contributed by atoms with E-state index in [9.17, 15) is 5.11 Å². The standard InChI is InChI=1S/C13H15NO2S/c1-9-6-12(16-14-9)8-17-13-5-3-4-11(7-13)10(2)15/h3-7,10,15H,8H2,1-2H3. The molecule has 2 aromatic rings. The minimum absolute atomic E-state index is 0.428. The molecule has 0 saturated heterocycles. The molecule has 0 saturated carbocycles. The van der Waals surface area contributed by atoms with Gasteiger partial charge in [0.25, 0.3) is 0 Å². The Bertz CT molecular complexity index is 494. The molecule has 0 amide bonds. The summed E-state index contributed by atoms with van der Waals surface area (Å²) in [7, 11) is 0. The smallest absolute Gasteiger partial charge is 0.147 e. The number of hydrogen-bond acceptors (Lipinski definition) is 4. The minimum atomic E-state index is -0.428. The van der Waals surface area contributed by atoms with E-state index in [1.54, 1.807) is 18.7 Å². The van der Waals surface area contributed by atoms with E-state index >= 15 is 0 Å². The van der Waals surface area contributed by atoms with Crippen LogP contribution in [0.4, 0.5) is 0 Å². The number of thioether (sulfide) groups is 1. The maximum Gasteiger partial charge on any atom is 0.147 e. The molecule has 90 valence electrons. The normalized spacial score (nSPS) is 12.6. The predicted octanol–water partition coefficient (Wildman–Crippen LogP) is 3.33. The van der Waals surface area contributed by atoms with Crippen LogP contribution >= 0.6 is 11.8 Å². The van der Waals surface area contributed by atoms with Gasteiger partial charge >= 0.3 is 0 Å². The number of benzene rings is 1. The molecule has 0 aliphatic carbocycles. The van der Waals surface area contributed by atoms with Gasteiger partial charge in [-0.3, -0.25) is 0 Å². The summed E-state index contributed by atoms with van der Waals surface area (Å²) in [6.45, 7) is 3.68. The topological polar surface area (TPSA) is 46.3 Å². The quantitative estimate of drug-likeness (QED) is 0.844. The summed E-state index contributed by atoms with van der Waals surface area (Å²) in [5.74, 6) is 1.62. The zero-order valence-corrected chi connectivity index (χ0v) is 10.7. The molecule has 0 aliphatic rings. The van der Waals surface area contributed by atoms with E-state index in [0.29, 0.717) is 0 Å². The number of aliphatic hydroxyl groups is 1. The van der Waals surface area contributed by atoms with Gasteiger partial charge in [0, 0.05) is 11.0 Å². The third-order valence-electron chi connectivity index (χ3n) is 2.40. The third kappa shape index (κ3) is 3.35. The van der Waals surface area contributed by atoms with Crippen molar-refractivity contribution < 1.29 is 9.63 Å². The highest BCUT2D eigenvalue weighted by Gasteiger charge is 2.04. The van der Waals surface area contributed by atoms with Crippen LogP contribution in [0.25, 0.3) is 0 Å². The summed E-state index contributed by atoms with van der Waals surface area (Å²) < 4.78 is 5.14. The molecule has 1 N–H and O–H groups in total. The van der Waals surface area contributed by atoms with Crippen molar-refractivity contribution in [1.29, 1.82) is 0 Å². The highest BCUT2D eigenvalue weighted by molar-refractivity contribution is 7.98. The Morgan fingerprint density at radius 2 is 2.24 bits per heavy atom. The first-order chi connectivity index (χ1) is 8.15. The van der Waals surface area contributed by atoms with Crippen LogP contribution in [-0.2, 0) is 5.75 Å². The highest BCUT2D eigenvalue weighted by atomic mass is 32.2. The van der Waals surface area contributed by atoms with Crippen LogP contribution in [0, 0.1) is 6.92 Å². The first-order valence-corrected chi connectivity index (χ1v) is 6.47. The molecule has 0 bridgehead atoms. The molecule has 0 fully saturated rings. The lowest BCUT2D eigenvalue weighted by molar-refractivity contribution is 0.199. The Morgan fingerprint density at radius 1 is 1.41 bits per heavy atom. The Morgan fingerprint density at radius 3 is 2.88 bits per heavy atom. The van der Waals surface area contributed by atoms with Gasteiger partial charge in [-0.25, -0.2) is 0 Å².